The number of carbonyl (C=O) groups excluding carboxylic acids is 1. The summed E-state index contributed by atoms with van der Waals surface area (Å²) in [6, 6.07) is 3.83. The van der Waals surface area contributed by atoms with E-state index in [4.69, 9.17) is 4.98 Å². The van der Waals surface area contributed by atoms with Crippen molar-refractivity contribution in [1.29, 1.82) is 0 Å². The highest BCUT2D eigenvalue weighted by molar-refractivity contribution is 7.12. The standard InChI is InChI=1S/C26H31N7OS/c1-31-16-21(14-29-31)20-13-27-24-22(15-30-33(24)17-20)19-7-8-26(12-19,32-9-3-2-4-10-32)18-28-25(34)23-6-5-11-35-23/h5-6,11,13-17,19H,2-4,7-10,12,18H2,1H3,(H,28,34). The number of nitrogens with zero attached hydrogens (tertiary/aromatic N) is 6. The predicted molar refractivity (Wildman–Crippen MR) is 137 cm³/mol. The van der Waals surface area contributed by atoms with Crippen LogP contribution in [0.4, 0.5) is 0 Å². The number of thiophene rings is 1. The van der Waals surface area contributed by atoms with Gasteiger partial charge in [-0.25, -0.2) is 9.50 Å². The Morgan fingerprint density at radius 3 is 2.77 bits per heavy atom. The number of rotatable bonds is 6. The minimum atomic E-state index is -0.0120. The smallest absolute Gasteiger partial charge is 0.261 e. The number of hydrogen-bond acceptors (Lipinski definition) is 6. The molecule has 5 heterocycles. The summed E-state index contributed by atoms with van der Waals surface area (Å²) in [7, 11) is 1.92. The molecular weight excluding hydrogens is 458 g/mol. The second kappa shape index (κ2) is 9.20. The zero-order valence-electron chi connectivity index (χ0n) is 20.1. The molecule has 182 valence electrons. The molecule has 2 aliphatic rings. The van der Waals surface area contributed by atoms with E-state index in [0.29, 0.717) is 12.5 Å². The van der Waals surface area contributed by atoms with Crippen LogP contribution in [-0.2, 0) is 7.05 Å². The molecule has 6 rings (SSSR count). The Balaban J connectivity index is 1.25. The van der Waals surface area contributed by atoms with Gasteiger partial charge in [0, 0.05) is 54.4 Å². The lowest BCUT2D eigenvalue weighted by Gasteiger charge is -2.44. The van der Waals surface area contributed by atoms with E-state index >= 15 is 0 Å². The van der Waals surface area contributed by atoms with Gasteiger partial charge in [-0.3, -0.25) is 14.4 Å². The molecule has 0 bridgehead atoms. The Morgan fingerprint density at radius 2 is 2.00 bits per heavy atom. The van der Waals surface area contributed by atoms with Crippen molar-refractivity contribution < 1.29 is 4.79 Å². The van der Waals surface area contributed by atoms with Crippen LogP contribution in [0.25, 0.3) is 16.8 Å². The van der Waals surface area contributed by atoms with Crippen molar-refractivity contribution in [3.63, 3.8) is 0 Å². The fourth-order valence-electron chi connectivity index (χ4n) is 5.94. The van der Waals surface area contributed by atoms with E-state index in [0.717, 1.165) is 54.0 Å². The molecule has 0 spiro atoms. The summed E-state index contributed by atoms with van der Waals surface area (Å²) in [4.78, 5) is 21.0. The molecular formula is C26H31N7OS. The fourth-order valence-corrected chi connectivity index (χ4v) is 6.58. The molecule has 1 saturated heterocycles. The highest BCUT2D eigenvalue weighted by Gasteiger charge is 2.45. The van der Waals surface area contributed by atoms with Crippen molar-refractivity contribution in [3.8, 4) is 11.1 Å². The van der Waals surface area contributed by atoms with Crippen LogP contribution in [0.5, 0.6) is 0 Å². The van der Waals surface area contributed by atoms with Crippen molar-refractivity contribution in [2.75, 3.05) is 19.6 Å². The molecule has 2 fully saturated rings. The quantitative estimate of drug-likeness (QED) is 0.441. The zero-order chi connectivity index (χ0) is 23.8. The number of aromatic nitrogens is 5. The third-order valence-corrected chi connectivity index (χ3v) is 8.66. The number of carbonyl (C=O) groups is 1. The second-order valence-corrected chi connectivity index (χ2v) is 10.9. The maximum atomic E-state index is 12.8. The first-order valence-electron chi connectivity index (χ1n) is 12.5. The van der Waals surface area contributed by atoms with Crippen molar-refractivity contribution in [2.45, 2.75) is 50.0 Å². The average molecular weight is 490 g/mol. The van der Waals surface area contributed by atoms with Crippen LogP contribution in [0.3, 0.4) is 0 Å². The van der Waals surface area contributed by atoms with E-state index in [1.54, 1.807) is 4.68 Å². The monoisotopic (exact) mass is 489 g/mol. The number of likely N-dealkylation sites (tertiary alicyclic amines) is 1. The van der Waals surface area contributed by atoms with Gasteiger partial charge in [-0.2, -0.15) is 10.2 Å². The minimum Gasteiger partial charge on any atom is -0.349 e. The lowest BCUT2D eigenvalue weighted by Crippen LogP contribution is -2.55. The molecule has 2 atom stereocenters. The van der Waals surface area contributed by atoms with Crippen LogP contribution in [-0.4, -0.2) is 60.4 Å². The summed E-state index contributed by atoms with van der Waals surface area (Å²) in [5, 5.41) is 14.2. The van der Waals surface area contributed by atoms with Crippen molar-refractivity contribution in [3.05, 3.63) is 58.9 Å². The maximum Gasteiger partial charge on any atom is 0.261 e. The van der Waals surface area contributed by atoms with Crippen LogP contribution in [0.1, 0.15) is 59.7 Å². The number of fused-ring (bicyclic) bond motifs is 1. The number of aryl methyl sites for hydroxylation is 1. The molecule has 1 N–H and O–H groups in total. The lowest BCUT2D eigenvalue weighted by molar-refractivity contribution is 0.0634. The van der Waals surface area contributed by atoms with Gasteiger partial charge in [0.05, 0.1) is 17.3 Å². The van der Waals surface area contributed by atoms with Crippen LogP contribution >= 0.6 is 11.3 Å². The predicted octanol–water partition coefficient (Wildman–Crippen LogP) is 4.11. The minimum absolute atomic E-state index is 0.0120. The molecule has 9 heteroatoms. The van der Waals surface area contributed by atoms with Gasteiger partial charge in [-0.05, 0) is 62.6 Å². The van der Waals surface area contributed by atoms with E-state index in [-0.39, 0.29) is 11.4 Å². The molecule has 1 amide bonds. The molecule has 4 aromatic rings. The lowest BCUT2D eigenvalue weighted by atomic mass is 9.89. The summed E-state index contributed by atoms with van der Waals surface area (Å²) < 4.78 is 3.70. The molecule has 1 saturated carbocycles. The maximum absolute atomic E-state index is 12.8. The van der Waals surface area contributed by atoms with Crippen molar-refractivity contribution >= 4 is 22.9 Å². The summed E-state index contributed by atoms with van der Waals surface area (Å²) in [5.41, 5.74) is 4.17. The fraction of sp³-hybridized carbons (Fsp3) is 0.462. The van der Waals surface area contributed by atoms with Crippen LogP contribution in [0.2, 0.25) is 0 Å². The Kier molecular flexibility index (Phi) is 5.89. The Morgan fingerprint density at radius 1 is 1.14 bits per heavy atom. The first-order chi connectivity index (χ1) is 17.1. The first-order valence-corrected chi connectivity index (χ1v) is 13.4. The number of amides is 1. The molecule has 1 aliphatic heterocycles. The average Bonchev–Trinajstić information content (AvgIpc) is 3.69. The molecule has 2 unspecified atom stereocenters. The first kappa shape index (κ1) is 22.4. The summed E-state index contributed by atoms with van der Waals surface area (Å²) in [5.74, 6) is 0.422. The van der Waals surface area contributed by atoms with Crippen LogP contribution in [0, 0.1) is 0 Å². The van der Waals surface area contributed by atoms with Gasteiger partial charge in [-0.15, -0.1) is 11.3 Å². The third-order valence-electron chi connectivity index (χ3n) is 7.80. The van der Waals surface area contributed by atoms with E-state index in [2.05, 4.69) is 20.4 Å². The van der Waals surface area contributed by atoms with Crippen LogP contribution in [0.15, 0.2) is 48.5 Å². The Labute approximate surface area is 209 Å². The summed E-state index contributed by atoms with van der Waals surface area (Å²) >= 11 is 1.50. The number of piperidine rings is 1. The van der Waals surface area contributed by atoms with E-state index in [1.165, 1.54) is 36.2 Å². The van der Waals surface area contributed by atoms with Crippen molar-refractivity contribution in [2.24, 2.45) is 7.05 Å². The van der Waals surface area contributed by atoms with E-state index in [1.807, 2.05) is 60.1 Å². The molecule has 35 heavy (non-hydrogen) atoms. The van der Waals surface area contributed by atoms with Gasteiger partial charge < -0.3 is 5.32 Å². The molecule has 0 aromatic carbocycles. The largest absolute Gasteiger partial charge is 0.349 e. The molecule has 1 aliphatic carbocycles. The highest BCUT2D eigenvalue weighted by Crippen LogP contribution is 2.45. The van der Waals surface area contributed by atoms with E-state index in [9.17, 15) is 4.79 Å². The van der Waals surface area contributed by atoms with Crippen molar-refractivity contribution in [1.82, 2.24) is 34.6 Å². The SMILES string of the molecule is Cn1cc(-c2cnc3c(C4CCC(CNC(=O)c5cccs5)(N5CCCCC5)C4)cnn3c2)cn1. The van der Waals surface area contributed by atoms with E-state index < -0.39 is 0 Å². The van der Waals surface area contributed by atoms with Gasteiger partial charge in [-0.1, -0.05) is 12.5 Å². The topological polar surface area (TPSA) is 80.4 Å². The summed E-state index contributed by atoms with van der Waals surface area (Å²) in [6.45, 7) is 2.92. The number of nitrogens with one attached hydrogen (secondary N) is 1. The van der Waals surface area contributed by atoms with Gasteiger partial charge in [0.15, 0.2) is 5.65 Å². The molecule has 8 nitrogen and oxygen atoms in total. The van der Waals surface area contributed by atoms with Crippen LogP contribution < -0.4 is 5.32 Å². The summed E-state index contributed by atoms with van der Waals surface area (Å²) in [6.07, 6.45) is 16.7. The normalized spacial score (nSPS) is 23.2. The number of hydrogen-bond donors (Lipinski definition) is 1. The second-order valence-electron chi connectivity index (χ2n) is 9.99. The third kappa shape index (κ3) is 4.27. The zero-order valence-corrected chi connectivity index (χ0v) is 20.9. The molecule has 4 aromatic heterocycles. The van der Waals surface area contributed by atoms with Gasteiger partial charge in [0.1, 0.15) is 0 Å². The van der Waals surface area contributed by atoms with Gasteiger partial charge in [0.2, 0.25) is 0 Å². The van der Waals surface area contributed by atoms with Gasteiger partial charge >= 0.3 is 0 Å². The van der Waals surface area contributed by atoms with Gasteiger partial charge in [0.25, 0.3) is 5.91 Å². The Hall–Kier alpha value is -3.04. The Bertz CT molecular complexity index is 1320. The highest BCUT2D eigenvalue weighted by atomic mass is 32.1. The molecule has 0 radical (unpaired) electrons.